The maximum Gasteiger partial charge on any atom is 0.356 e. The average Bonchev–Trinajstić information content (AvgIpc) is 3.30. The largest absolute Gasteiger partial charge is 0.497 e. The molecular formula is C30H27NO6. The molecule has 188 valence electrons. The Hall–Kier alpha value is -4.65. The summed E-state index contributed by atoms with van der Waals surface area (Å²) in [6, 6.07) is 24.7. The van der Waals surface area contributed by atoms with E-state index in [0.29, 0.717) is 28.3 Å². The number of nitrogens with zero attached hydrogens (tertiary/aromatic N) is 1. The van der Waals surface area contributed by atoms with Gasteiger partial charge >= 0.3 is 11.9 Å². The lowest BCUT2D eigenvalue weighted by atomic mass is 9.95. The molecule has 0 radical (unpaired) electrons. The van der Waals surface area contributed by atoms with Crippen molar-refractivity contribution < 1.29 is 28.6 Å². The number of carbonyl (C=O) groups is 3. The van der Waals surface area contributed by atoms with Gasteiger partial charge in [0.25, 0.3) is 0 Å². The summed E-state index contributed by atoms with van der Waals surface area (Å²) >= 11 is 0. The molecule has 37 heavy (non-hydrogen) atoms. The predicted molar refractivity (Wildman–Crippen MR) is 140 cm³/mol. The van der Waals surface area contributed by atoms with Gasteiger partial charge in [-0.1, -0.05) is 60.7 Å². The van der Waals surface area contributed by atoms with Crippen LogP contribution in [0.5, 0.6) is 5.75 Å². The summed E-state index contributed by atoms with van der Waals surface area (Å²) < 4.78 is 17.7. The van der Waals surface area contributed by atoms with Crippen molar-refractivity contribution in [3.8, 4) is 22.7 Å². The number of ketones is 1. The van der Waals surface area contributed by atoms with Gasteiger partial charge in [0.15, 0.2) is 5.78 Å². The lowest BCUT2D eigenvalue weighted by Gasteiger charge is -2.15. The van der Waals surface area contributed by atoms with Crippen LogP contribution in [0.1, 0.15) is 50.6 Å². The molecule has 0 spiro atoms. The fourth-order valence-electron chi connectivity index (χ4n) is 4.18. The van der Waals surface area contributed by atoms with E-state index in [1.165, 1.54) is 0 Å². The van der Waals surface area contributed by atoms with Crippen LogP contribution in [-0.2, 0) is 9.47 Å². The Balaban J connectivity index is 2.18. The van der Waals surface area contributed by atoms with Crippen molar-refractivity contribution in [2.24, 2.45) is 0 Å². The topological polar surface area (TPSA) is 83.8 Å². The molecule has 0 aliphatic rings. The first kappa shape index (κ1) is 25.4. The van der Waals surface area contributed by atoms with Gasteiger partial charge in [0.2, 0.25) is 0 Å². The highest BCUT2D eigenvalue weighted by atomic mass is 16.5. The van der Waals surface area contributed by atoms with Crippen LogP contribution < -0.4 is 4.74 Å². The smallest absolute Gasteiger partial charge is 0.356 e. The third-order valence-electron chi connectivity index (χ3n) is 5.76. The first-order chi connectivity index (χ1) is 18.0. The van der Waals surface area contributed by atoms with Crippen LogP contribution in [0.4, 0.5) is 0 Å². The summed E-state index contributed by atoms with van der Waals surface area (Å²) in [7, 11) is 1.56. The fourth-order valence-corrected chi connectivity index (χ4v) is 4.18. The zero-order valence-electron chi connectivity index (χ0n) is 20.9. The summed E-state index contributed by atoms with van der Waals surface area (Å²) in [5, 5.41) is 0. The third-order valence-corrected chi connectivity index (χ3v) is 5.76. The highest BCUT2D eigenvalue weighted by molar-refractivity contribution is 6.21. The molecule has 0 unspecified atom stereocenters. The van der Waals surface area contributed by atoms with Gasteiger partial charge in [-0.2, -0.15) is 0 Å². The monoisotopic (exact) mass is 497 g/mol. The first-order valence-corrected chi connectivity index (χ1v) is 11.9. The van der Waals surface area contributed by atoms with Crippen LogP contribution in [0.3, 0.4) is 0 Å². The van der Waals surface area contributed by atoms with Crippen LogP contribution >= 0.6 is 0 Å². The normalized spacial score (nSPS) is 10.6. The number of rotatable bonds is 9. The van der Waals surface area contributed by atoms with E-state index in [9.17, 15) is 14.4 Å². The second-order valence-electron chi connectivity index (χ2n) is 7.98. The molecule has 4 rings (SSSR count). The van der Waals surface area contributed by atoms with Gasteiger partial charge in [-0.15, -0.1) is 0 Å². The number of methoxy groups -OCH3 is 1. The molecule has 0 aliphatic carbocycles. The molecule has 0 N–H and O–H groups in total. The van der Waals surface area contributed by atoms with E-state index in [1.807, 2.05) is 30.3 Å². The predicted octanol–water partition coefficient (Wildman–Crippen LogP) is 5.74. The van der Waals surface area contributed by atoms with Gasteiger partial charge < -0.3 is 18.8 Å². The second-order valence-corrected chi connectivity index (χ2v) is 7.98. The number of aromatic nitrogens is 1. The number of esters is 2. The molecule has 7 nitrogen and oxygen atoms in total. The average molecular weight is 498 g/mol. The minimum Gasteiger partial charge on any atom is -0.497 e. The Morgan fingerprint density at radius 2 is 1.27 bits per heavy atom. The molecule has 1 aromatic heterocycles. The van der Waals surface area contributed by atoms with Crippen molar-refractivity contribution in [2.75, 3.05) is 20.3 Å². The van der Waals surface area contributed by atoms with Crippen molar-refractivity contribution in [1.29, 1.82) is 0 Å². The standard InChI is InChI=1S/C30H27NO6/c1-4-36-29(33)25-24(28(32)21-14-10-7-11-15-21)26(20-12-8-6-9-13-20)31(27(25)30(34)37-5-2)22-16-18-23(35-3)19-17-22/h6-19H,4-5H2,1-3H3. The number of carbonyl (C=O) groups excluding carboxylic acids is 3. The molecule has 0 bridgehead atoms. The second kappa shape index (κ2) is 11.4. The number of hydrogen-bond acceptors (Lipinski definition) is 6. The molecule has 0 atom stereocenters. The highest BCUT2D eigenvalue weighted by Crippen LogP contribution is 2.37. The quantitative estimate of drug-likeness (QED) is 0.217. The number of hydrogen-bond donors (Lipinski definition) is 0. The highest BCUT2D eigenvalue weighted by Gasteiger charge is 2.37. The zero-order valence-corrected chi connectivity index (χ0v) is 20.9. The Morgan fingerprint density at radius 3 is 1.84 bits per heavy atom. The van der Waals surface area contributed by atoms with Crippen LogP contribution in [-0.4, -0.2) is 42.6 Å². The molecule has 1 heterocycles. The van der Waals surface area contributed by atoms with E-state index in [0.717, 1.165) is 0 Å². The van der Waals surface area contributed by atoms with Gasteiger partial charge in [-0.05, 0) is 43.7 Å². The van der Waals surface area contributed by atoms with Crippen molar-refractivity contribution in [3.05, 3.63) is 107 Å². The van der Waals surface area contributed by atoms with Crippen LogP contribution in [0, 0.1) is 0 Å². The fraction of sp³-hybridized carbons (Fsp3) is 0.167. The molecule has 4 aromatic rings. The van der Waals surface area contributed by atoms with E-state index in [1.54, 1.807) is 80.1 Å². The summed E-state index contributed by atoms with van der Waals surface area (Å²) in [5.74, 6) is -1.33. The lowest BCUT2D eigenvalue weighted by Crippen LogP contribution is -2.18. The summed E-state index contributed by atoms with van der Waals surface area (Å²) in [6.45, 7) is 3.49. The summed E-state index contributed by atoms with van der Waals surface area (Å²) in [6.07, 6.45) is 0. The maximum absolute atomic E-state index is 14.1. The number of benzene rings is 3. The first-order valence-electron chi connectivity index (χ1n) is 11.9. The van der Waals surface area contributed by atoms with Gasteiger partial charge in [-0.3, -0.25) is 4.79 Å². The molecule has 0 aliphatic heterocycles. The third kappa shape index (κ3) is 5.02. The molecule has 3 aromatic carbocycles. The van der Waals surface area contributed by atoms with Gasteiger partial charge in [0.1, 0.15) is 17.0 Å². The molecule has 0 fully saturated rings. The van der Waals surface area contributed by atoms with Crippen LogP contribution in [0.2, 0.25) is 0 Å². The van der Waals surface area contributed by atoms with Gasteiger partial charge in [-0.25, -0.2) is 9.59 Å². The summed E-state index contributed by atoms with van der Waals surface area (Å²) in [4.78, 5) is 41.0. The van der Waals surface area contributed by atoms with Gasteiger partial charge in [0, 0.05) is 11.3 Å². The zero-order chi connectivity index (χ0) is 26.4. The van der Waals surface area contributed by atoms with E-state index < -0.39 is 17.7 Å². The SMILES string of the molecule is CCOC(=O)c1c(C(=O)c2ccccc2)c(-c2ccccc2)n(-c2ccc(OC)cc2)c1C(=O)OCC. The Bertz CT molecular complexity index is 1410. The maximum atomic E-state index is 14.1. The van der Waals surface area contributed by atoms with Gasteiger partial charge in [0.05, 0.1) is 31.6 Å². The minimum absolute atomic E-state index is 0.0639. The van der Waals surface area contributed by atoms with E-state index in [-0.39, 0.29) is 30.0 Å². The van der Waals surface area contributed by atoms with Crippen LogP contribution in [0.15, 0.2) is 84.9 Å². The molecule has 0 saturated heterocycles. The number of ether oxygens (including phenoxy) is 3. The molecule has 0 amide bonds. The summed E-state index contributed by atoms with van der Waals surface area (Å²) in [5.41, 5.74) is 1.78. The Kier molecular flexibility index (Phi) is 7.83. The molecule has 7 heteroatoms. The Labute approximate surface area is 215 Å². The Morgan fingerprint density at radius 1 is 0.703 bits per heavy atom. The van der Waals surface area contributed by atoms with Crippen LogP contribution in [0.25, 0.3) is 16.9 Å². The lowest BCUT2D eigenvalue weighted by molar-refractivity contribution is 0.0472. The van der Waals surface area contributed by atoms with Crippen molar-refractivity contribution in [2.45, 2.75) is 13.8 Å². The van der Waals surface area contributed by atoms with Crippen molar-refractivity contribution in [3.63, 3.8) is 0 Å². The van der Waals surface area contributed by atoms with E-state index in [2.05, 4.69) is 0 Å². The molecular weight excluding hydrogens is 470 g/mol. The minimum atomic E-state index is -0.783. The van der Waals surface area contributed by atoms with Crippen molar-refractivity contribution in [1.82, 2.24) is 4.57 Å². The van der Waals surface area contributed by atoms with E-state index >= 15 is 0 Å². The molecule has 0 saturated carbocycles. The van der Waals surface area contributed by atoms with E-state index in [4.69, 9.17) is 14.2 Å². The van der Waals surface area contributed by atoms with Crippen molar-refractivity contribution >= 4 is 17.7 Å².